The van der Waals surface area contributed by atoms with Gasteiger partial charge in [0.1, 0.15) is 9.88 Å². The summed E-state index contributed by atoms with van der Waals surface area (Å²) in [6.07, 6.45) is 2.61. The van der Waals surface area contributed by atoms with Gasteiger partial charge in [0.2, 0.25) is 5.91 Å². The van der Waals surface area contributed by atoms with Gasteiger partial charge in [0, 0.05) is 28.7 Å². The number of nitrogens with zero attached hydrogens (tertiary/aromatic N) is 2. The van der Waals surface area contributed by atoms with Gasteiger partial charge in [-0.25, -0.2) is 4.98 Å². The number of amides is 2. The summed E-state index contributed by atoms with van der Waals surface area (Å²) in [6.45, 7) is 4.61. The number of carbonyl (C=O) groups is 2. The van der Waals surface area contributed by atoms with E-state index in [1.165, 1.54) is 16.9 Å². The molecule has 2 amide bonds. The summed E-state index contributed by atoms with van der Waals surface area (Å²) >= 11 is 7.45. The predicted octanol–water partition coefficient (Wildman–Crippen LogP) is 4.76. The normalized spacial score (nSPS) is 14.8. The van der Waals surface area contributed by atoms with Crippen molar-refractivity contribution < 1.29 is 9.59 Å². The van der Waals surface area contributed by atoms with Gasteiger partial charge in [-0.2, -0.15) is 0 Å². The summed E-state index contributed by atoms with van der Waals surface area (Å²) in [7, 11) is 0. The number of carbonyl (C=O) groups excluding carboxylic acids is 2. The summed E-state index contributed by atoms with van der Waals surface area (Å²) in [4.78, 5) is 31.7. The summed E-state index contributed by atoms with van der Waals surface area (Å²) < 4.78 is 0. The van der Waals surface area contributed by atoms with Crippen LogP contribution in [0.5, 0.6) is 0 Å². The van der Waals surface area contributed by atoms with E-state index in [0.717, 1.165) is 55.2 Å². The van der Waals surface area contributed by atoms with Gasteiger partial charge >= 0.3 is 0 Å². The van der Waals surface area contributed by atoms with Gasteiger partial charge in [-0.3, -0.25) is 9.59 Å². The number of halogens is 1. The first-order chi connectivity index (χ1) is 15.9. The second kappa shape index (κ2) is 10.5. The van der Waals surface area contributed by atoms with Crippen LogP contribution in [0.1, 0.15) is 33.8 Å². The second-order valence-electron chi connectivity index (χ2n) is 8.36. The lowest BCUT2D eigenvalue weighted by Crippen LogP contribution is -2.39. The molecular formula is C25H27ClN4O2S. The third-order valence-electron chi connectivity index (χ3n) is 5.99. The fourth-order valence-corrected chi connectivity index (χ4v) is 5.17. The second-order valence-corrected chi connectivity index (χ2v) is 9.80. The minimum atomic E-state index is -0.179. The van der Waals surface area contributed by atoms with Crippen molar-refractivity contribution in [3.05, 3.63) is 69.7 Å². The molecule has 2 aromatic carbocycles. The van der Waals surface area contributed by atoms with Crippen LogP contribution in [0.15, 0.2) is 48.5 Å². The first-order valence-corrected chi connectivity index (χ1v) is 12.2. The van der Waals surface area contributed by atoms with Crippen LogP contribution in [0.25, 0.3) is 10.6 Å². The lowest BCUT2D eigenvalue weighted by Gasteiger charge is -2.30. The maximum Gasteiger partial charge on any atom is 0.267 e. The molecule has 2 heterocycles. The number of aryl methyl sites for hydroxylation is 1. The van der Waals surface area contributed by atoms with Gasteiger partial charge in [-0.15, -0.1) is 11.3 Å². The third-order valence-corrected chi connectivity index (χ3v) is 7.43. The lowest BCUT2D eigenvalue weighted by atomic mass is 9.96. The van der Waals surface area contributed by atoms with Crippen LogP contribution in [0, 0.1) is 12.8 Å². The summed E-state index contributed by atoms with van der Waals surface area (Å²) in [5.41, 5.74) is 8.97. The van der Waals surface area contributed by atoms with Crippen LogP contribution in [-0.2, 0) is 11.2 Å². The van der Waals surface area contributed by atoms with Crippen LogP contribution in [0.4, 0.5) is 5.69 Å². The molecule has 3 N–H and O–H groups in total. The van der Waals surface area contributed by atoms with Crippen LogP contribution in [-0.4, -0.2) is 41.3 Å². The lowest BCUT2D eigenvalue weighted by molar-refractivity contribution is -0.123. The Morgan fingerprint density at radius 3 is 2.58 bits per heavy atom. The Hall–Kier alpha value is -2.74. The molecule has 0 unspecified atom stereocenters. The average Bonchev–Trinajstić information content (AvgIpc) is 3.21. The fraction of sp³-hybridized carbons (Fsp3) is 0.320. The van der Waals surface area contributed by atoms with Crippen LogP contribution in [0.3, 0.4) is 0 Å². The Bertz CT molecular complexity index is 1140. The SMILES string of the molecule is Cc1nc(-c2cccc(Cl)c2)sc1C(=O)Nc1ccc(CCN2CCC(C(N)=O)CC2)cc1. The smallest absolute Gasteiger partial charge is 0.267 e. The quantitative estimate of drug-likeness (QED) is 0.508. The number of benzene rings is 2. The third kappa shape index (κ3) is 5.99. The summed E-state index contributed by atoms with van der Waals surface area (Å²) in [5.74, 6) is -0.322. The molecule has 0 bridgehead atoms. The van der Waals surface area contributed by atoms with Crippen LogP contribution in [0.2, 0.25) is 5.02 Å². The number of aromatic nitrogens is 1. The standard InChI is InChI=1S/C25H27ClN4O2S/c1-16-22(33-25(28-16)19-3-2-4-20(26)15-19)24(32)29-21-7-5-17(6-8-21)9-12-30-13-10-18(11-14-30)23(27)31/h2-8,15,18H,9-14H2,1H3,(H2,27,31)(H,29,32). The van der Waals surface area contributed by atoms with Gasteiger partial charge in [0.15, 0.2) is 0 Å². The molecule has 8 heteroatoms. The predicted molar refractivity (Wildman–Crippen MR) is 134 cm³/mol. The first kappa shape index (κ1) is 23.4. The molecule has 4 rings (SSSR count). The molecule has 0 saturated carbocycles. The molecule has 1 saturated heterocycles. The van der Waals surface area contributed by atoms with E-state index >= 15 is 0 Å². The van der Waals surface area contributed by atoms with Crippen molar-refractivity contribution in [1.82, 2.24) is 9.88 Å². The maximum atomic E-state index is 12.8. The van der Waals surface area contributed by atoms with Crippen LogP contribution < -0.4 is 11.1 Å². The molecule has 6 nitrogen and oxygen atoms in total. The van der Waals surface area contributed by atoms with E-state index in [4.69, 9.17) is 17.3 Å². The van der Waals surface area contributed by atoms with Crippen molar-refractivity contribution >= 4 is 40.4 Å². The van der Waals surface area contributed by atoms with Crippen molar-refractivity contribution in [2.75, 3.05) is 25.0 Å². The van der Waals surface area contributed by atoms with Crippen molar-refractivity contribution in [3.8, 4) is 10.6 Å². The van der Waals surface area contributed by atoms with E-state index in [9.17, 15) is 9.59 Å². The Balaban J connectivity index is 1.32. The number of rotatable bonds is 7. The molecule has 3 aromatic rings. The molecular weight excluding hydrogens is 456 g/mol. The van der Waals surface area contributed by atoms with Crippen LogP contribution >= 0.6 is 22.9 Å². The minimum Gasteiger partial charge on any atom is -0.369 e. The number of anilines is 1. The Kier molecular flexibility index (Phi) is 7.42. The first-order valence-electron chi connectivity index (χ1n) is 11.0. The molecule has 33 heavy (non-hydrogen) atoms. The number of hydrogen-bond acceptors (Lipinski definition) is 5. The molecule has 0 aliphatic carbocycles. The monoisotopic (exact) mass is 482 g/mol. The Morgan fingerprint density at radius 1 is 1.18 bits per heavy atom. The molecule has 172 valence electrons. The van der Waals surface area contributed by atoms with Crippen molar-refractivity contribution in [2.45, 2.75) is 26.2 Å². The van der Waals surface area contributed by atoms with Crippen molar-refractivity contribution in [2.24, 2.45) is 11.7 Å². The van der Waals surface area contributed by atoms with E-state index < -0.39 is 0 Å². The number of thiazole rings is 1. The molecule has 1 aliphatic rings. The zero-order valence-electron chi connectivity index (χ0n) is 18.5. The minimum absolute atomic E-state index is 0.0212. The summed E-state index contributed by atoms with van der Waals surface area (Å²) in [6, 6.07) is 15.4. The highest BCUT2D eigenvalue weighted by molar-refractivity contribution is 7.17. The molecule has 1 fully saturated rings. The van der Waals surface area contributed by atoms with Gasteiger partial charge < -0.3 is 16.0 Å². The molecule has 0 radical (unpaired) electrons. The number of primary amides is 1. The highest BCUT2D eigenvalue weighted by Gasteiger charge is 2.22. The van der Waals surface area contributed by atoms with Gasteiger partial charge in [-0.1, -0.05) is 35.9 Å². The Labute approximate surface area is 202 Å². The van der Waals surface area contributed by atoms with E-state index in [-0.39, 0.29) is 17.7 Å². The van der Waals surface area contributed by atoms with E-state index in [1.54, 1.807) is 0 Å². The fourth-order valence-electron chi connectivity index (χ4n) is 4.02. The van der Waals surface area contributed by atoms with Gasteiger partial charge in [-0.05, 0) is 69.1 Å². The largest absolute Gasteiger partial charge is 0.369 e. The molecule has 1 aliphatic heterocycles. The number of nitrogens with two attached hydrogens (primary N) is 1. The van der Waals surface area contributed by atoms with Crippen molar-refractivity contribution in [3.63, 3.8) is 0 Å². The number of hydrogen-bond donors (Lipinski definition) is 2. The zero-order chi connectivity index (χ0) is 23.4. The Morgan fingerprint density at radius 2 is 1.91 bits per heavy atom. The number of likely N-dealkylation sites (tertiary alicyclic amines) is 1. The zero-order valence-corrected chi connectivity index (χ0v) is 20.1. The highest BCUT2D eigenvalue weighted by atomic mass is 35.5. The average molecular weight is 483 g/mol. The topological polar surface area (TPSA) is 88.3 Å². The molecule has 0 spiro atoms. The summed E-state index contributed by atoms with van der Waals surface area (Å²) in [5, 5.41) is 4.39. The number of nitrogens with one attached hydrogen (secondary N) is 1. The van der Waals surface area contributed by atoms with Gasteiger partial charge in [0.25, 0.3) is 5.91 Å². The van der Waals surface area contributed by atoms with E-state index in [2.05, 4.69) is 15.2 Å². The molecule has 0 atom stereocenters. The highest BCUT2D eigenvalue weighted by Crippen LogP contribution is 2.30. The van der Waals surface area contributed by atoms with E-state index in [1.807, 2.05) is 55.5 Å². The number of piperidine rings is 1. The maximum absolute atomic E-state index is 12.8. The van der Waals surface area contributed by atoms with E-state index in [0.29, 0.717) is 15.6 Å². The molecule has 1 aromatic heterocycles. The van der Waals surface area contributed by atoms with Gasteiger partial charge in [0.05, 0.1) is 5.69 Å². The van der Waals surface area contributed by atoms with Crippen molar-refractivity contribution in [1.29, 1.82) is 0 Å².